The zero-order chi connectivity index (χ0) is 13.5. The molecule has 1 amide bonds. The van der Waals surface area contributed by atoms with Gasteiger partial charge in [0.15, 0.2) is 0 Å². The van der Waals surface area contributed by atoms with Gasteiger partial charge in [-0.25, -0.2) is 0 Å². The van der Waals surface area contributed by atoms with Crippen LogP contribution < -0.4 is 10.6 Å². The van der Waals surface area contributed by atoms with Gasteiger partial charge in [-0.3, -0.25) is 4.79 Å². The smallest absolute Gasteiger partial charge is 0.251 e. The molecule has 1 aromatic carbocycles. The molecule has 0 unspecified atom stereocenters. The van der Waals surface area contributed by atoms with Crippen molar-refractivity contribution in [1.82, 2.24) is 10.6 Å². The highest BCUT2D eigenvalue weighted by Gasteiger charge is 2.13. The Balaban J connectivity index is 1.69. The second-order valence-corrected chi connectivity index (χ2v) is 5.39. The van der Waals surface area contributed by atoms with E-state index in [9.17, 15) is 4.79 Å². The van der Waals surface area contributed by atoms with Crippen LogP contribution in [0.4, 0.5) is 0 Å². The fraction of sp³-hybridized carbons (Fsp3) is 0.562. The monoisotopic (exact) mass is 260 g/mol. The van der Waals surface area contributed by atoms with Crippen LogP contribution in [0.2, 0.25) is 0 Å². The van der Waals surface area contributed by atoms with Gasteiger partial charge < -0.3 is 10.6 Å². The van der Waals surface area contributed by atoms with Crippen LogP contribution in [0.3, 0.4) is 0 Å². The maximum atomic E-state index is 11.4. The summed E-state index contributed by atoms with van der Waals surface area (Å²) in [6.07, 6.45) is 6.98. The van der Waals surface area contributed by atoms with Gasteiger partial charge in [0.2, 0.25) is 0 Å². The first-order valence-electron chi connectivity index (χ1n) is 7.31. The normalized spacial score (nSPS) is 15.6. The first-order valence-corrected chi connectivity index (χ1v) is 7.31. The van der Waals surface area contributed by atoms with Gasteiger partial charge in [-0.2, -0.15) is 0 Å². The van der Waals surface area contributed by atoms with Crippen LogP contribution in [-0.4, -0.2) is 19.5 Å². The number of hydrogen-bond donors (Lipinski definition) is 2. The molecule has 1 aliphatic carbocycles. The van der Waals surface area contributed by atoms with Crippen LogP contribution in [0, 0.1) is 5.92 Å². The van der Waals surface area contributed by atoms with Gasteiger partial charge in [0.25, 0.3) is 5.91 Å². The van der Waals surface area contributed by atoms with Crippen LogP contribution in [0.5, 0.6) is 0 Å². The van der Waals surface area contributed by atoms with Crippen molar-refractivity contribution in [3.8, 4) is 0 Å². The van der Waals surface area contributed by atoms with Crippen LogP contribution in [0.1, 0.15) is 48.0 Å². The van der Waals surface area contributed by atoms with Crippen LogP contribution in [0.25, 0.3) is 0 Å². The Hall–Kier alpha value is -1.35. The zero-order valence-corrected chi connectivity index (χ0v) is 11.7. The predicted molar refractivity (Wildman–Crippen MR) is 78.1 cm³/mol. The lowest BCUT2D eigenvalue weighted by Crippen LogP contribution is -2.18. The molecule has 0 spiro atoms. The molecule has 0 aromatic heterocycles. The molecule has 3 heteroatoms. The third kappa shape index (κ3) is 4.35. The summed E-state index contributed by atoms with van der Waals surface area (Å²) < 4.78 is 0. The van der Waals surface area contributed by atoms with E-state index in [0.717, 1.165) is 24.6 Å². The second-order valence-electron chi connectivity index (χ2n) is 5.39. The first kappa shape index (κ1) is 14.1. The lowest BCUT2D eigenvalue weighted by Gasteiger charge is -2.10. The number of rotatable bonds is 6. The highest BCUT2D eigenvalue weighted by atomic mass is 16.1. The van der Waals surface area contributed by atoms with Crippen molar-refractivity contribution in [3.63, 3.8) is 0 Å². The lowest BCUT2D eigenvalue weighted by atomic mass is 10.0. The van der Waals surface area contributed by atoms with E-state index in [4.69, 9.17) is 0 Å². The molecule has 0 aliphatic heterocycles. The minimum absolute atomic E-state index is 0.0271. The summed E-state index contributed by atoms with van der Waals surface area (Å²) >= 11 is 0. The summed E-state index contributed by atoms with van der Waals surface area (Å²) in [7, 11) is 1.65. The number of amides is 1. The fourth-order valence-electron chi connectivity index (χ4n) is 2.76. The minimum Gasteiger partial charge on any atom is -0.355 e. The Bertz CT molecular complexity index is 394. The molecule has 0 saturated heterocycles. The molecule has 104 valence electrons. The molecule has 1 saturated carbocycles. The number of nitrogens with one attached hydrogen (secondary N) is 2. The summed E-state index contributed by atoms with van der Waals surface area (Å²) in [6.45, 7) is 1.99. The van der Waals surface area contributed by atoms with Crippen molar-refractivity contribution in [3.05, 3.63) is 35.4 Å². The fourth-order valence-corrected chi connectivity index (χ4v) is 2.76. The SMILES string of the molecule is CNC(=O)c1ccc(CNCCC2CCCC2)cc1. The van der Waals surface area contributed by atoms with Gasteiger partial charge in [-0.05, 0) is 36.6 Å². The molecule has 2 N–H and O–H groups in total. The van der Waals surface area contributed by atoms with E-state index in [1.54, 1.807) is 7.05 Å². The Morgan fingerprint density at radius 1 is 1.21 bits per heavy atom. The van der Waals surface area contributed by atoms with Crippen molar-refractivity contribution in [1.29, 1.82) is 0 Å². The maximum absolute atomic E-state index is 11.4. The molecule has 1 fully saturated rings. The topological polar surface area (TPSA) is 41.1 Å². The number of hydrogen-bond acceptors (Lipinski definition) is 2. The predicted octanol–water partition coefficient (Wildman–Crippen LogP) is 2.72. The lowest BCUT2D eigenvalue weighted by molar-refractivity contribution is 0.0963. The molecule has 0 radical (unpaired) electrons. The molecule has 0 heterocycles. The van der Waals surface area contributed by atoms with Crippen LogP contribution >= 0.6 is 0 Å². The standard InChI is InChI=1S/C16H24N2O/c1-17-16(19)15-8-6-14(7-9-15)12-18-11-10-13-4-2-3-5-13/h6-9,13,18H,2-5,10-12H2,1H3,(H,17,19). The Morgan fingerprint density at radius 2 is 1.89 bits per heavy atom. The molecular weight excluding hydrogens is 236 g/mol. The molecule has 1 aromatic rings. The zero-order valence-electron chi connectivity index (χ0n) is 11.7. The second kappa shape index (κ2) is 7.29. The quantitative estimate of drug-likeness (QED) is 0.772. The molecule has 3 nitrogen and oxygen atoms in total. The highest BCUT2D eigenvalue weighted by molar-refractivity contribution is 5.93. The van der Waals surface area contributed by atoms with Crippen molar-refractivity contribution < 1.29 is 4.79 Å². The maximum Gasteiger partial charge on any atom is 0.251 e. The molecule has 0 atom stereocenters. The molecule has 19 heavy (non-hydrogen) atoms. The molecule has 0 bridgehead atoms. The summed E-state index contributed by atoms with van der Waals surface area (Å²) in [5.74, 6) is 0.920. The van der Waals surface area contributed by atoms with Crippen molar-refractivity contribution in [2.75, 3.05) is 13.6 Å². The van der Waals surface area contributed by atoms with Crippen LogP contribution in [0.15, 0.2) is 24.3 Å². The Labute approximate surface area is 115 Å². The van der Waals surface area contributed by atoms with Gasteiger partial charge in [-0.15, -0.1) is 0 Å². The summed E-state index contributed by atoms with van der Waals surface area (Å²) in [6, 6.07) is 7.81. The van der Waals surface area contributed by atoms with Crippen LogP contribution in [-0.2, 0) is 6.54 Å². The first-order chi connectivity index (χ1) is 9.29. The average Bonchev–Trinajstić information content (AvgIpc) is 2.96. The van der Waals surface area contributed by atoms with Crippen molar-refractivity contribution in [2.45, 2.75) is 38.6 Å². The average molecular weight is 260 g/mol. The number of carbonyl (C=O) groups excluding carboxylic acids is 1. The van der Waals surface area contributed by atoms with Crippen molar-refractivity contribution >= 4 is 5.91 Å². The number of benzene rings is 1. The van der Waals surface area contributed by atoms with Gasteiger partial charge in [0.05, 0.1) is 0 Å². The summed E-state index contributed by atoms with van der Waals surface area (Å²) in [4.78, 5) is 11.4. The van der Waals surface area contributed by atoms with Gasteiger partial charge >= 0.3 is 0 Å². The number of carbonyl (C=O) groups is 1. The van der Waals surface area contributed by atoms with Gasteiger partial charge in [0.1, 0.15) is 0 Å². The van der Waals surface area contributed by atoms with E-state index >= 15 is 0 Å². The van der Waals surface area contributed by atoms with Crippen molar-refractivity contribution in [2.24, 2.45) is 5.92 Å². The minimum atomic E-state index is -0.0271. The van der Waals surface area contributed by atoms with Gasteiger partial charge in [-0.1, -0.05) is 37.8 Å². The van der Waals surface area contributed by atoms with E-state index < -0.39 is 0 Å². The van der Waals surface area contributed by atoms with E-state index in [2.05, 4.69) is 10.6 Å². The van der Waals surface area contributed by atoms with E-state index in [0.29, 0.717) is 0 Å². The largest absolute Gasteiger partial charge is 0.355 e. The highest BCUT2D eigenvalue weighted by Crippen LogP contribution is 2.26. The molecule has 1 aliphatic rings. The Kier molecular flexibility index (Phi) is 5.40. The molecular formula is C16H24N2O. The Morgan fingerprint density at radius 3 is 2.53 bits per heavy atom. The molecule has 2 rings (SSSR count). The third-order valence-electron chi connectivity index (χ3n) is 3.98. The summed E-state index contributed by atoms with van der Waals surface area (Å²) in [5, 5.41) is 6.12. The van der Waals surface area contributed by atoms with E-state index in [1.165, 1.54) is 37.7 Å². The summed E-state index contributed by atoms with van der Waals surface area (Å²) in [5.41, 5.74) is 1.95. The third-order valence-corrected chi connectivity index (χ3v) is 3.98. The van der Waals surface area contributed by atoms with Gasteiger partial charge in [0, 0.05) is 19.2 Å². The van der Waals surface area contributed by atoms with E-state index in [-0.39, 0.29) is 5.91 Å². The van der Waals surface area contributed by atoms with E-state index in [1.807, 2.05) is 24.3 Å².